The zero-order chi connectivity index (χ0) is 18.7. The maximum atomic E-state index is 12.8. The summed E-state index contributed by atoms with van der Waals surface area (Å²) in [5.74, 6) is 0.355. The fourth-order valence-corrected chi connectivity index (χ4v) is 2.69. The second-order valence-corrected chi connectivity index (χ2v) is 5.79. The van der Waals surface area contributed by atoms with Gasteiger partial charge in [-0.3, -0.25) is 14.9 Å². The zero-order valence-electron chi connectivity index (χ0n) is 14.4. The van der Waals surface area contributed by atoms with Gasteiger partial charge in [-0.25, -0.2) is 9.67 Å². The Hall–Kier alpha value is -3.55. The molecule has 0 saturated carbocycles. The van der Waals surface area contributed by atoms with Gasteiger partial charge in [0.05, 0.1) is 28.9 Å². The molecule has 0 aliphatic rings. The first kappa shape index (κ1) is 17.3. The molecule has 0 aliphatic heterocycles. The number of nitrogens with zero attached hydrogens (tertiary/aromatic N) is 5. The normalized spacial score (nSPS) is 10.5. The number of hydrogen-bond acceptors (Lipinski definition) is 5. The van der Waals surface area contributed by atoms with Crippen molar-refractivity contribution in [3.8, 4) is 5.82 Å². The van der Waals surface area contributed by atoms with Gasteiger partial charge in [0.25, 0.3) is 11.6 Å². The SMILES string of the molecule is Cc1c(C(=O)N(C)Cc2ccccc2[N+](=O)[O-])cnn1-c1ccccn1. The quantitative estimate of drug-likeness (QED) is 0.520. The van der Waals surface area contributed by atoms with Gasteiger partial charge in [-0.2, -0.15) is 5.10 Å². The van der Waals surface area contributed by atoms with Gasteiger partial charge < -0.3 is 4.90 Å². The average Bonchev–Trinajstić information content (AvgIpc) is 3.03. The fourth-order valence-electron chi connectivity index (χ4n) is 2.69. The molecule has 3 rings (SSSR count). The van der Waals surface area contributed by atoms with Crippen LogP contribution in [0.1, 0.15) is 21.6 Å². The van der Waals surface area contributed by atoms with Crippen LogP contribution < -0.4 is 0 Å². The molecule has 2 heterocycles. The summed E-state index contributed by atoms with van der Waals surface area (Å²) < 4.78 is 1.59. The molecule has 3 aromatic rings. The summed E-state index contributed by atoms with van der Waals surface area (Å²) in [6.07, 6.45) is 3.14. The third-order valence-corrected chi connectivity index (χ3v) is 4.05. The summed E-state index contributed by atoms with van der Waals surface area (Å²) in [6.45, 7) is 1.91. The molecule has 2 aromatic heterocycles. The third kappa shape index (κ3) is 3.30. The number of nitro benzene ring substituents is 1. The lowest BCUT2D eigenvalue weighted by atomic mass is 10.1. The van der Waals surface area contributed by atoms with E-state index in [1.54, 1.807) is 55.2 Å². The molecule has 0 aliphatic carbocycles. The van der Waals surface area contributed by atoms with Crippen molar-refractivity contribution in [1.82, 2.24) is 19.7 Å². The molecule has 1 aromatic carbocycles. The Bertz CT molecular complexity index is 952. The molecule has 0 fully saturated rings. The zero-order valence-corrected chi connectivity index (χ0v) is 14.4. The highest BCUT2D eigenvalue weighted by Crippen LogP contribution is 2.21. The lowest BCUT2D eigenvalue weighted by Crippen LogP contribution is -2.27. The molecule has 0 spiro atoms. The van der Waals surface area contributed by atoms with Crippen LogP contribution in [0.2, 0.25) is 0 Å². The highest BCUT2D eigenvalue weighted by molar-refractivity contribution is 5.95. The van der Waals surface area contributed by atoms with Gasteiger partial charge in [0.15, 0.2) is 5.82 Å². The second kappa shape index (κ2) is 7.14. The number of carbonyl (C=O) groups excluding carboxylic acids is 1. The van der Waals surface area contributed by atoms with Crippen LogP contribution in [0, 0.1) is 17.0 Å². The van der Waals surface area contributed by atoms with E-state index < -0.39 is 4.92 Å². The Morgan fingerprint density at radius 1 is 1.23 bits per heavy atom. The number of para-hydroxylation sites is 1. The van der Waals surface area contributed by atoms with E-state index in [4.69, 9.17) is 0 Å². The second-order valence-electron chi connectivity index (χ2n) is 5.79. The molecule has 26 heavy (non-hydrogen) atoms. The van der Waals surface area contributed by atoms with E-state index in [1.807, 2.05) is 6.07 Å². The Labute approximate surface area is 149 Å². The molecule has 0 radical (unpaired) electrons. The monoisotopic (exact) mass is 351 g/mol. The maximum absolute atomic E-state index is 12.8. The lowest BCUT2D eigenvalue weighted by molar-refractivity contribution is -0.385. The van der Waals surface area contributed by atoms with Gasteiger partial charge in [0, 0.05) is 24.9 Å². The van der Waals surface area contributed by atoms with Gasteiger partial charge in [0.2, 0.25) is 0 Å². The van der Waals surface area contributed by atoms with Gasteiger partial charge in [-0.15, -0.1) is 0 Å². The van der Waals surface area contributed by atoms with Crippen molar-refractivity contribution in [1.29, 1.82) is 0 Å². The Morgan fingerprint density at radius 3 is 2.65 bits per heavy atom. The molecular weight excluding hydrogens is 334 g/mol. The van der Waals surface area contributed by atoms with Crippen molar-refractivity contribution in [2.75, 3.05) is 7.05 Å². The van der Waals surface area contributed by atoms with Crippen LogP contribution in [0.5, 0.6) is 0 Å². The van der Waals surface area contributed by atoms with Crippen LogP contribution in [-0.4, -0.2) is 37.5 Å². The minimum absolute atomic E-state index is 0.00643. The molecule has 8 heteroatoms. The van der Waals surface area contributed by atoms with Crippen LogP contribution in [0.15, 0.2) is 54.9 Å². The number of nitro groups is 1. The van der Waals surface area contributed by atoms with Gasteiger partial charge >= 0.3 is 0 Å². The van der Waals surface area contributed by atoms with Gasteiger partial charge in [-0.1, -0.05) is 24.3 Å². The predicted octanol–water partition coefficient (Wildman–Crippen LogP) is 2.76. The van der Waals surface area contributed by atoms with Gasteiger partial charge in [0.1, 0.15) is 0 Å². The van der Waals surface area contributed by atoms with Crippen molar-refractivity contribution >= 4 is 11.6 Å². The van der Waals surface area contributed by atoms with Crippen molar-refractivity contribution in [2.45, 2.75) is 13.5 Å². The molecule has 0 atom stereocenters. The Balaban J connectivity index is 1.84. The van der Waals surface area contributed by atoms with Crippen molar-refractivity contribution in [3.63, 3.8) is 0 Å². The number of pyridine rings is 1. The summed E-state index contributed by atoms with van der Waals surface area (Å²) in [5.41, 5.74) is 1.55. The third-order valence-electron chi connectivity index (χ3n) is 4.05. The van der Waals surface area contributed by atoms with E-state index in [0.29, 0.717) is 22.6 Å². The molecule has 132 valence electrons. The van der Waals surface area contributed by atoms with E-state index in [0.717, 1.165) is 0 Å². The van der Waals surface area contributed by atoms with E-state index >= 15 is 0 Å². The van der Waals surface area contributed by atoms with Crippen LogP contribution in [-0.2, 0) is 6.54 Å². The first-order valence-corrected chi connectivity index (χ1v) is 7.93. The first-order valence-electron chi connectivity index (χ1n) is 7.93. The summed E-state index contributed by atoms with van der Waals surface area (Å²) >= 11 is 0. The van der Waals surface area contributed by atoms with E-state index in [9.17, 15) is 14.9 Å². The van der Waals surface area contributed by atoms with Gasteiger partial charge in [-0.05, 0) is 19.1 Å². The number of rotatable bonds is 5. The van der Waals surface area contributed by atoms with E-state index in [1.165, 1.54) is 17.2 Å². The number of amides is 1. The molecule has 1 amide bonds. The summed E-state index contributed by atoms with van der Waals surface area (Å²) in [5, 5.41) is 15.4. The highest BCUT2D eigenvalue weighted by atomic mass is 16.6. The highest BCUT2D eigenvalue weighted by Gasteiger charge is 2.21. The van der Waals surface area contributed by atoms with Crippen molar-refractivity contribution < 1.29 is 9.72 Å². The molecule has 0 unspecified atom stereocenters. The maximum Gasteiger partial charge on any atom is 0.274 e. The molecule has 0 saturated heterocycles. The Morgan fingerprint density at radius 2 is 1.96 bits per heavy atom. The minimum atomic E-state index is -0.446. The largest absolute Gasteiger partial charge is 0.337 e. The van der Waals surface area contributed by atoms with Crippen LogP contribution in [0.3, 0.4) is 0 Å². The summed E-state index contributed by atoms with van der Waals surface area (Å²) in [7, 11) is 1.61. The molecule has 0 N–H and O–H groups in total. The number of aromatic nitrogens is 3. The lowest BCUT2D eigenvalue weighted by Gasteiger charge is -2.17. The number of carbonyl (C=O) groups is 1. The first-order chi connectivity index (χ1) is 12.5. The van der Waals surface area contributed by atoms with E-state index in [2.05, 4.69) is 10.1 Å². The summed E-state index contributed by atoms with van der Waals surface area (Å²) in [4.78, 5) is 29.1. The van der Waals surface area contributed by atoms with Crippen molar-refractivity contribution in [3.05, 3.63) is 81.8 Å². The smallest absolute Gasteiger partial charge is 0.274 e. The predicted molar refractivity (Wildman–Crippen MR) is 95.0 cm³/mol. The number of benzene rings is 1. The fraction of sp³-hybridized carbons (Fsp3) is 0.167. The molecule has 8 nitrogen and oxygen atoms in total. The standard InChI is InChI=1S/C18H17N5O3/c1-13-15(11-20-22(13)17-9-5-6-10-19-17)18(24)21(2)12-14-7-3-4-8-16(14)23(25)26/h3-11H,12H2,1-2H3. The Kier molecular flexibility index (Phi) is 4.74. The minimum Gasteiger partial charge on any atom is -0.337 e. The molecular formula is C18H17N5O3. The van der Waals surface area contributed by atoms with Crippen molar-refractivity contribution in [2.24, 2.45) is 0 Å². The molecule has 0 bridgehead atoms. The number of hydrogen-bond donors (Lipinski definition) is 0. The van der Waals surface area contributed by atoms with Crippen LogP contribution >= 0.6 is 0 Å². The van der Waals surface area contributed by atoms with Crippen LogP contribution in [0.4, 0.5) is 5.69 Å². The summed E-state index contributed by atoms with van der Waals surface area (Å²) in [6, 6.07) is 11.8. The topological polar surface area (TPSA) is 94.2 Å². The van der Waals surface area contributed by atoms with Crippen LogP contribution in [0.25, 0.3) is 5.82 Å². The van der Waals surface area contributed by atoms with E-state index in [-0.39, 0.29) is 18.1 Å². The average molecular weight is 351 g/mol.